The second-order valence-electron chi connectivity index (χ2n) is 4.62. The molecule has 2 aromatic rings. The topological polar surface area (TPSA) is 35.2 Å². The van der Waals surface area contributed by atoms with Gasteiger partial charge in [0.05, 0.1) is 4.47 Å². The number of hydrogen-bond acceptors (Lipinski definition) is 2. The molecule has 0 radical (unpaired) electrons. The van der Waals surface area contributed by atoms with Gasteiger partial charge in [0.1, 0.15) is 18.2 Å². The van der Waals surface area contributed by atoms with E-state index in [-0.39, 0.29) is 11.9 Å². The third-order valence-corrected chi connectivity index (χ3v) is 3.75. The van der Waals surface area contributed by atoms with Crippen LogP contribution in [0, 0.1) is 5.82 Å². The highest BCUT2D eigenvalue weighted by Crippen LogP contribution is 2.21. The molecule has 4 heteroatoms. The standard InChI is InChI=1S/C16H17BrFNO/c1-2-16(19)12-4-6-13(7-5-12)20-10-11-3-8-15(18)14(17)9-11/h3-9,16H,2,10,19H2,1H3/t16-/m1/s1. The van der Waals surface area contributed by atoms with Gasteiger partial charge in [0.2, 0.25) is 0 Å². The van der Waals surface area contributed by atoms with E-state index in [2.05, 4.69) is 22.9 Å². The van der Waals surface area contributed by atoms with Gasteiger partial charge in [0, 0.05) is 6.04 Å². The molecule has 0 amide bonds. The Balaban J connectivity index is 1.98. The van der Waals surface area contributed by atoms with Crippen molar-refractivity contribution in [1.29, 1.82) is 0 Å². The second-order valence-corrected chi connectivity index (χ2v) is 5.48. The molecule has 1 atom stereocenters. The van der Waals surface area contributed by atoms with Crippen LogP contribution in [0.3, 0.4) is 0 Å². The maximum Gasteiger partial charge on any atom is 0.137 e. The minimum Gasteiger partial charge on any atom is -0.489 e. The van der Waals surface area contributed by atoms with Gasteiger partial charge in [0.15, 0.2) is 0 Å². The molecule has 0 spiro atoms. The molecule has 0 aliphatic heterocycles. The second kappa shape index (κ2) is 6.86. The summed E-state index contributed by atoms with van der Waals surface area (Å²) in [6.07, 6.45) is 0.907. The Morgan fingerprint density at radius 1 is 1.20 bits per heavy atom. The Labute approximate surface area is 126 Å². The zero-order valence-electron chi connectivity index (χ0n) is 11.3. The van der Waals surface area contributed by atoms with Gasteiger partial charge >= 0.3 is 0 Å². The fourth-order valence-electron chi connectivity index (χ4n) is 1.84. The minimum atomic E-state index is -0.272. The average Bonchev–Trinajstić information content (AvgIpc) is 2.48. The van der Waals surface area contributed by atoms with Crippen LogP contribution in [-0.2, 0) is 6.61 Å². The maximum absolute atomic E-state index is 13.1. The third-order valence-electron chi connectivity index (χ3n) is 3.14. The van der Waals surface area contributed by atoms with Gasteiger partial charge in [-0.1, -0.05) is 25.1 Å². The molecule has 0 aromatic heterocycles. The lowest BCUT2D eigenvalue weighted by Crippen LogP contribution is -2.08. The lowest BCUT2D eigenvalue weighted by molar-refractivity contribution is 0.306. The number of rotatable bonds is 5. The van der Waals surface area contributed by atoms with Gasteiger partial charge in [-0.15, -0.1) is 0 Å². The van der Waals surface area contributed by atoms with E-state index in [1.807, 2.05) is 24.3 Å². The van der Waals surface area contributed by atoms with E-state index in [9.17, 15) is 4.39 Å². The van der Waals surface area contributed by atoms with Crippen molar-refractivity contribution in [3.8, 4) is 5.75 Å². The first-order valence-corrected chi connectivity index (χ1v) is 7.31. The summed E-state index contributed by atoms with van der Waals surface area (Å²) in [5.41, 5.74) is 7.97. The van der Waals surface area contributed by atoms with Gasteiger partial charge in [-0.05, 0) is 57.7 Å². The van der Waals surface area contributed by atoms with Crippen molar-refractivity contribution in [2.45, 2.75) is 26.0 Å². The Morgan fingerprint density at radius 3 is 2.50 bits per heavy atom. The van der Waals surface area contributed by atoms with Crippen LogP contribution in [0.1, 0.15) is 30.5 Å². The molecule has 2 nitrogen and oxygen atoms in total. The molecule has 106 valence electrons. The average molecular weight is 338 g/mol. The first-order valence-electron chi connectivity index (χ1n) is 6.52. The molecule has 2 aromatic carbocycles. The van der Waals surface area contributed by atoms with Crippen LogP contribution in [0.5, 0.6) is 5.75 Å². The zero-order valence-corrected chi connectivity index (χ0v) is 12.9. The highest BCUT2D eigenvalue weighted by molar-refractivity contribution is 9.10. The van der Waals surface area contributed by atoms with Crippen LogP contribution in [-0.4, -0.2) is 0 Å². The van der Waals surface area contributed by atoms with Crippen molar-refractivity contribution in [2.24, 2.45) is 5.73 Å². The SMILES string of the molecule is CC[C@@H](N)c1ccc(OCc2ccc(F)c(Br)c2)cc1. The van der Waals surface area contributed by atoms with Crippen molar-refractivity contribution in [3.63, 3.8) is 0 Å². The molecule has 2 rings (SSSR count). The van der Waals surface area contributed by atoms with Crippen LogP contribution in [0.15, 0.2) is 46.9 Å². The van der Waals surface area contributed by atoms with Crippen LogP contribution in [0.2, 0.25) is 0 Å². The summed E-state index contributed by atoms with van der Waals surface area (Å²) in [5.74, 6) is 0.504. The number of halogens is 2. The molecular formula is C16H17BrFNO. The summed E-state index contributed by atoms with van der Waals surface area (Å²) >= 11 is 3.16. The molecular weight excluding hydrogens is 321 g/mol. The van der Waals surface area contributed by atoms with E-state index < -0.39 is 0 Å². The summed E-state index contributed by atoms with van der Waals surface area (Å²) in [4.78, 5) is 0. The summed E-state index contributed by atoms with van der Waals surface area (Å²) in [6, 6.07) is 12.7. The molecule has 0 saturated heterocycles. The van der Waals surface area contributed by atoms with Gasteiger partial charge in [-0.2, -0.15) is 0 Å². The van der Waals surface area contributed by atoms with E-state index in [1.165, 1.54) is 6.07 Å². The minimum absolute atomic E-state index is 0.0668. The van der Waals surface area contributed by atoms with Crippen LogP contribution in [0.25, 0.3) is 0 Å². The zero-order chi connectivity index (χ0) is 14.5. The predicted molar refractivity (Wildman–Crippen MR) is 82.1 cm³/mol. The summed E-state index contributed by atoms with van der Waals surface area (Å²) in [6.45, 7) is 2.46. The van der Waals surface area contributed by atoms with E-state index in [0.29, 0.717) is 11.1 Å². The van der Waals surface area contributed by atoms with E-state index in [1.54, 1.807) is 12.1 Å². The van der Waals surface area contributed by atoms with Gasteiger partial charge in [0.25, 0.3) is 0 Å². The van der Waals surface area contributed by atoms with Crippen LogP contribution < -0.4 is 10.5 Å². The largest absolute Gasteiger partial charge is 0.489 e. The molecule has 0 unspecified atom stereocenters. The highest BCUT2D eigenvalue weighted by Gasteiger charge is 2.04. The lowest BCUT2D eigenvalue weighted by Gasteiger charge is -2.11. The molecule has 0 bridgehead atoms. The first-order chi connectivity index (χ1) is 9.60. The fraction of sp³-hybridized carbons (Fsp3) is 0.250. The summed E-state index contributed by atoms with van der Waals surface area (Å²) < 4.78 is 19.2. The normalized spacial score (nSPS) is 12.2. The number of ether oxygens (including phenoxy) is 1. The molecule has 20 heavy (non-hydrogen) atoms. The summed E-state index contributed by atoms with van der Waals surface area (Å²) in [5, 5.41) is 0. The molecule has 2 N–H and O–H groups in total. The van der Waals surface area contributed by atoms with E-state index in [0.717, 1.165) is 23.3 Å². The van der Waals surface area contributed by atoms with Gasteiger partial charge < -0.3 is 10.5 Å². The molecule has 0 saturated carbocycles. The number of hydrogen-bond donors (Lipinski definition) is 1. The predicted octanol–water partition coefficient (Wildman–Crippen LogP) is 4.58. The Morgan fingerprint density at radius 2 is 1.90 bits per heavy atom. The smallest absolute Gasteiger partial charge is 0.137 e. The lowest BCUT2D eigenvalue weighted by atomic mass is 10.1. The number of benzene rings is 2. The third kappa shape index (κ3) is 3.81. The van der Waals surface area contributed by atoms with E-state index >= 15 is 0 Å². The number of nitrogens with two attached hydrogens (primary N) is 1. The van der Waals surface area contributed by atoms with Crippen molar-refractivity contribution in [3.05, 3.63) is 63.9 Å². The van der Waals surface area contributed by atoms with Crippen molar-refractivity contribution in [1.82, 2.24) is 0 Å². The van der Waals surface area contributed by atoms with E-state index in [4.69, 9.17) is 10.5 Å². The first kappa shape index (κ1) is 15.0. The summed E-state index contributed by atoms with van der Waals surface area (Å²) in [7, 11) is 0. The van der Waals surface area contributed by atoms with Crippen LogP contribution in [0.4, 0.5) is 4.39 Å². The highest BCUT2D eigenvalue weighted by atomic mass is 79.9. The molecule has 0 aliphatic carbocycles. The van der Waals surface area contributed by atoms with Gasteiger partial charge in [-0.3, -0.25) is 0 Å². The van der Waals surface area contributed by atoms with Crippen LogP contribution >= 0.6 is 15.9 Å². The molecule has 0 fully saturated rings. The Hall–Kier alpha value is -1.39. The van der Waals surface area contributed by atoms with Crippen molar-refractivity contribution < 1.29 is 9.13 Å². The Kier molecular flexibility index (Phi) is 5.15. The maximum atomic E-state index is 13.1. The quantitative estimate of drug-likeness (QED) is 0.866. The molecule has 0 heterocycles. The monoisotopic (exact) mass is 337 g/mol. The Bertz CT molecular complexity index is 571. The van der Waals surface area contributed by atoms with Gasteiger partial charge in [-0.25, -0.2) is 4.39 Å². The molecule has 0 aliphatic rings. The van der Waals surface area contributed by atoms with Crippen molar-refractivity contribution in [2.75, 3.05) is 0 Å². The fourth-order valence-corrected chi connectivity index (χ4v) is 2.27. The van der Waals surface area contributed by atoms with Crippen molar-refractivity contribution >= 4 is 15.9 Å².